The van der Waals surface area contributed by atoms with Crippen molar-refractivity contribution in [1.29, 1.82) is 0 Å². The van der Waals surface area contributed by atoms with Crippen LogP contribution in [0.4, 0.5) is 10.1 Å². The number of aromatic hydroxyl groups is 1. The number of benzene rings is 2. The molecular formula is C14H14FNO2. The molecule has 0 spiro atoms. The van der Waals surface area contributed by atoms with Gasteiger partial charge in [-0.2, -0.15) is 0 Å². The number of anilines is 1. The molecule has 0 heterocycles. The van der Waals surface area contributed by atoms with Gasteiger partial charge in [0, 0.05) is 17.8 Å². The highest BCUT2D eigenvalue weighted by atomic mass is 19.1. The summed E-state index contributed by atoms with van der Waals surface area (Å²) in [7, 11) is 1.50. The predicted molar refractivity (Wildman–Crippen MR) is 68.4 cm³/mol. The van der Waals surface area contributed by atoms with Crippen molar-refractivity contribution in [3.63, 3.8) is 0 Å². The Labute approximate surface area is 105 Å². The molecule has 0 saturated carbocycles. The van der Waals surface area contributed by atoms with Gasteiger partial charge in [-0.15, -0.1) is 0 Å². The molecule has 4 heteroatoms. The zero-order chi connectivity index (χ0) is 13.0. The van der Waals surface area contributed by atoms with Gasteiger partial charge in [0.05, 0.1) is 7.11 Å². The highest BCUT2D eigenvalue weighted by Crippen LogP contribution is 2.29. The molecule has 18 heavy (non-hydrogen) atoms. The molecule has 2 N–H and O–H groups in total. The number of rotatable bonds is 4. The van der Waals surface area contributed by atoms with Crippen LogP contribution in [-0.2, 0) is 6.54 Å². The van der Waals surface area contributed by atoms with E-state index in [-0.39, 0.29) is 11.6 Å². The topological polar surface area (TPSA) is 41.5 Å². The fourth-order valence-corrected chi connectivity index (χ4v) is 1.67. The summed E-state index contributed by atoms with van der Waals surface area (Å²) >= 11 is 0. The molecule has 0 radical (unpaired) electrons. The van der Waals surface area contributed by atoms with Crippen LogP contribution in [0.15, 0.2) is 42.5 Å². The SMILES string of the molecule is COc1cccc(CNc2cccc(F)c2)c1O. The van der Waals surface area contributed by atoms with Crippen molar-refractivity contribution in [3.8, 4) is 11.5 Å². The first kappa shape index (κ1) is 12.2. The molecular weight excluding hydrogens is 233 g/mol. The summed E-state index contributed by atoms with van der Waals surface area (Å²) in [5.74, 6) is 0.229. The molecule has 2 aromatic rings. The van der Waals surface area contributed by atoms with Gasteiger partial charge < -0.3 is 15.2 Å². The summed E-state index contributed by atoms with van der Waals surface area (Å²) in [6, 6.07) is 11.4. The van der Waals surface area contributed by atoms with E-state index in [4.69, 9.17) is 4.74 Å². The highest BCUT2D eigenvalue weighted by molar-refractivity contribution is 5.49. The van der Waals surface area contributed by atoms with E-state index in [1.165, 1.54) is 19.2 Å². The molecule has 0 atom stereocenters. The molecule has 0 amide bonds. The summed E-state index contributed by atoms with van der Waals surface area (Å²) in [6.07, 6.45) is 0. The Morgan fingerprint density at radius 3 is 2.72 bits per heavy atom. The van der Waals surface area contributed by atoms with Gasteiger partial charge in [0.15, 0.2) is 11.5 Å². The number of para-hydroxylation sites is 1. The zero-order valence-electron chi connectivity index (χ0n) is 9.98. The molecule has 0 aliphatic carbocycles. The van der Waals surface area contributed by atoms with Crippen LogP contribution in [-0.4, -0.2) is 12.2 Å². The van der Waals surface area contributed by atoms with E-state index in [1.807, 2.05) is 0 Å². The summed E-state index contributed by atoms with van der Waals surface area (Å²) in [5, 5.41) is 12.9. The van der Waals surface area contributed by atoms with Crippen molar-refractivity contribution in [2.45, 2.75) is 6.54 Å². The van der Waals surface area contributed by atoms with Crippen LogP contribution >= 0.6 is 0 Å². The van der Waals surface area contributed by atoms with E-state index in [2.05, 4.69) is 5.32 Å². The Morgan fingerprint density at radius 2 is 2.00 bits per heavy atom. The Hall–Kier alpha value is -2.23. The van der Waals surface area contributed by atoms with Crippen LogP contribution < -0.4 is 10.1 Å². The Balaban J connectivity index is 2.11. The fourth-order valence-electron chi connectivity index (χ4n) is 1.67. The summed E-state index contributed by atoms with van der Waals surface area (Å²) in [5.41, 5.74) is 1.36. The van der Waals surface area contributed by atoms with Crippen molar-refractivity contribution < 1.29 is 14.2 Å². The monoisotopic (exact) mass is 247 g/mol. The molecule has 2 aromatic carbocycles. The van der Waals surface area contributed by atoms with Crippen molar-refractivity contribution >= 4 is 5.69 Å². The van der Waals surface area contributed by atoms with E-state index in [0.29, 0.717) is 23.5 Å². The Bertz CT molecular complexity index is 543. The van der Waals surface area contributed by atoms with E-state index in [1.54, 1.807) is 30.3 Å². The minimum absolute atomic E-state index is 0.101. The molecule has 0 aromatic heterocycles. The molecule has 0 fully saturated rings. The summed E-state index contributed by atoms with van der Waals surface area (Å²) < 4.78 is 18.0. The maximum atomic E-state index is 13.0. The minimum Gasteiger partial charge on any atom is -0.504 e. The first-order chi connectivity index (χ1) is 8.70. The highest BCUT2D eigenvalue weighted by Gasteiger charge is 2.06. The number of phenols is 1. The van der Waals surface area contributed by atoms with Gasteiger partial charge in [-0.3, -0.25) is 0 Å². The van der Waals surface area contributed by atoms with Gasteiger partial charge >= 0.3 is 0 Å². The third-order valence-electron chi connectivity index (χ3n) is 2.61. The third-order valence-corrected chi connectivity index (χ3v) is 2.61. The van der Waals surface area contributed by atoms with Crippen molar-refractivity contribution in [1.82, 2.24) is 0 Å². The molecule has 0 saturated heterocycles. The van der Waals surface area contributed by atoms with Crippen molar-refractivity contribution in [3.05, 3.63) is 53.8 Å². The number of hydrogen-bond acceptors (Lipinski definition) is 3. The van der Waals surface area contributed by atoms with Crippen LogP contribution in [0, 0.1) is 5.82 Å². The predicted octanol–water partition coefficient (Wildman–Crippen LogP) is 3.15. The number of hydrogen-bond donors (Lipinski definition) is 2. The Kier molecular flexibility index (Phi) is 3.67. The van der Waals surface area contributed by atoms with Gasteiger partial charge in [-0.1, -0.05) is 18.2 Å². The molecule has 94 valence electrons. The standard InChI is InChI=1S/C14H14FNO2/c1-18-13-7-2-4-10(14(13)17)9-16-12-6-3-5-11(15)8-12/h2-8,16-17H,9H2,1H3. The maximum absolute atomic E-state index is 13.0. The van der Waals surface area contributed by atoms with Crippen LogP contribution in [0.2, 0.25) is 0 Å². The first-order valence-corrected chi connectivity index (χ1v) is 5.55. The lowest BCUT2D eigenvalue weighted by Gasteiger charge is -2.10. The molecule has 0 aliphatic heterocycles. The maximum Gasteiger partial charge on any atom is 0.162 e. The minimum atomic E-state index is -0.296. The lowest BCUT2D eigenvalue weighted by molar-refractivity contribution is 0.371. The molecule has 2 rings (SSSR count). The molecule has 0 bridgehead atoms. The van der Waals surface area contributed by atoms with Gasteiger partial charge in [-0.25, -0.2) is 4.39 Å². The summed E-state index contributed by atoms with van der Waals surface area (Å²) in [6.45, 7) is 0.395. The van der Waals surface area contributed by atoms with E-state index in [9.17, 15) is 9.50 Å². The van der Waals surface area contributed by atoms with Crippen molar-refractivity contribution in [2.75, 3.05) is 12.4 Å². The van der Waals surface area contributed by atoms with Gasteiger partial charge in [0.25, 0.3) is 0 Å². The second-order valence-corrected chi connectivity index (χ2v) is 3.83. The number of methoxy groups -OCH3 is 1. The number of halogens is 1. The normalized spacial score (nSPS) is 10.1. The second kappa shape index (κ2) is 5.40. The lowest BCUT2D eigenvalue weighted by Crippen LogP contribution is -2.00. The van der Waals surface area contributed by atoms with E-state index >= 15 is 0 Å². The lowest BCUT2D eigenvalue weighted by atomic mass is 10.2. The summed E-state index contributed by atoms with van der Waals surface area (Å²) in [4.78, 5) is 0. The largest absolute Gasteiger partial charge is 0.504 e. The van der Waals surface area contributed by atoms with Gasteiger partial charge in [-0.05, 0) is 24.3 Å². The van der Waals surface area contributed by atoms with Crippen LogP contribution in [0.3, 0.4) is 0 Å². The Morgan fingerprint density at radius 1 is 1.22 bits per heavy atom. The average molecular weight is 247 g/mol. The molecule has 0 unspecified atom stereocenters. The zero-order valence-corrected chi connectivity index (χ0v) is 9.98. The average Bonchev–Trinajstić information content (AvgIpc) is 2.38. The van der Waals surface area contributed by atoms with E-state index < -0.39 is 0 Å². The third kappa shape index (κ3) is 2.71. The second-order valence-electron chi connectivity index (χ2n) is 3.83. The smallest absolute Gasteiger partial charge is 0.162 e. The quantitative estimate of drug-likeness (QED) is 0.872. The van der Waals surface area contributed by atoms with E-state index in [0.717, 1.165) is 0 Å². The molecule has 0 aliphatic rings. The first-order valence-electron chi connectivity index (χ1n) is 5.55. The number of nitrogens with one attached hydrogen (secondary N) is 1. The fraction of sp³-hybridized carbons (Fsp3) is 0.143. The van der Waals surface area contributed by atoms with Gasteiger partial charge in [0.1, 0.15) is 5.82 Å². The number of phenolic OH excluding ortho intramolecular Hbond substituents is 1. The van der Waals surface area contributed by atoms with Crippen LogP contribution in [0.5, 0.6) is 11.5 Å². The van der Waals surface area contributed by atoms with Gasteiger partial charge in [0.2, 0.25) is 0 Å². The molecule has 3 nitrogen and oxygen atoms in total. The van der Waals surface area contributed by atoms with Crippen molar-refractivity contribution in [2.24, 2.45) is 0 Å². The van der Waals surface area contributed by atoms with Crippen LogP contribution in [0.25, 0.3) is 0 Å². The van der Waals surface area contributed by atoms with Crippen LogP contribution in [0.1, 0.15) is 5.56 Å². The number of ether oxygens (including phenoxy) is 1.